The van der Waals surface area contributed by atoms with Gasteiger partial charge >= 0.3 is 0 Å². The lowest BCUT2D eigenvalue weighted by molar-refractivity contribution is -0.117. The van der Waals surface area contributed by atoms with Crippen LogP contribution in [0.4, 0.5) is 11.4 Å². The number of nitrogens with zero attached hydrogens (tertiary/aromatic N) is 1. The molecule has 1 fully saturated rings. The molecule has 0 aliphatic carbocycles. The van der Waals surface area contributed by atoms with Crippen LogP contribution in [-0.2, 0) is 11.2 Å². The van der Waals surface area contributed by atoms with E-state index in [0.29, 0.717) is 13.0 Å². The smallest absolute Gasteiger partial charge is 0.227 e. The van der Waals surface area contributed by atoms with E-state index in [0.717, 1.165) is 17.8 Å². The van der Waals surface area contributed by atoms with Crippen LogP contribution in [0.3, 0.4) is 0 Å². The van der Waals surface area contributed by atoms with Crippen LogP contribution in [0.5, 0.6) is 0 Å². The molecule has 0 radical (unpaired) electrons. The number of benzene rings is 2. The molecule has 1 atom stereocenters. The largest absolute Gasteiger partial charge is 0.399 e. The fourth-order valence-corrected chi connectivity index (χ4v) is 2.82. The van der Waals surface area contributed by atoms with Crippen molar-refractivity contribution in [2.45, 2.75) is 12.8 Å². The lowest BCUT2D eigenvalue weighted by Crippen LogP contribution is -2.24. The molecule has 0 bridgehead atoms. The molecular weight excluding hydrogens is 276 g/mol. The zero-order valence-corrected chi connectivity index (χ0v) is 12.4. The SMILES string of the molecule is Nc1ccc(Cc2ccc(N3CC(CO)CC3=O)cc2)cc1. The highest BCUT2D eigenvalue weighted by Crippen LogP contribution is 2.25. The van der Waals surface area contributed by atoms with Crippen molar-refractivity contribution in [1.82, 2.24) is 0 Å². The third-order valence-electron chi connectivity index (χ3n) is 4.10. The molecule has 1 unspecified atom stereocenters. The molecule has 4 nitrogen and oxygen atoms in total. The summed E-state index contributed by atoms with van der Waals surface area (Å²) in [6.07, 6.45) is 1.28. The average Bonchev–Trinajstić information content (AvgIpc) is 2.91. The zero-order chi connectivity index (χ0) is 15.5. The molecule has 1 amide bonds. The Morgan fingerprint density at radius 2 is 1.64 bits per heavy atom. The van der Waals surface area contributed by atoms with Gasteiger partial charge in [-0.25, -0.2) is 0 Å². The summed E-state index contributed by atoms with van der Waals surface area (Å²) in [5.41, 5.74) is 9.76. The number of hydrogen-bond donors (Lipinski definition) is 2. The van der Waals surface area contributed by atoms with Gasteiger partial charge in [0.05, 0.1) is 0 Å². The third kappa shape index (κ3) is 3.12. The maximum atomic E-state index is 12.0. The van der Waals surface area contributed by atoms with Crippen molar-refractivity contribution in [2.75, 3.05) is 23.8 Å². The molecule has 0 saturated carbocycles. The summed E-state index contributed by atoms with van der Waals surface area (Å²) >= 11 is 0. The van der Waals surface area contributed by atoms with E-state index in [2.05, 4.69) is 0 Å². The van der Waals surface area contributed by atoms with Crippen molar-refractivity contribution in [2.24, 2.45) is 5.92 Å². The van der Waals surface area contributed by atoms with Gasteiger partial charge in [0.2, 0.25) is 5.91 Å². The van der Waals surface area contributed by atoms with Crippen LogP contribution in [0, 0.1) is 5.92 Å². The highest BCUT2D eigenvalue weighted by molar-refractivity contribution is 5.95. The van der Waals surface area contributed by atoms with Crippen LogP contribution >= 0.6 is 0 Å². The first-order valence-corrected chi connectivity index (χ1v) is 7.50. The maximum absolute atomic E-state index is 12.0. The number of anilines is 2. The van der Waals surface area contributed by atoms with Gasteiger partial charge in [0, 0.05) is 36.9 Å². The zero-order valence-electron chi connectivity index (χ0n) is 12.4. The number of aliphatic hydroxyl groups excluding tert-OH is 1. The van der Waals surface area contributed by atoms with Crippen molar-refractivity contribution >= 4 is 17.3 Å². The second-order valence-corrected chi connectivity index (χ2v) is 5.84. The number of nitrogen functional groups attached to an aromatic ring is 1. The molecule has 22 heavy (non-hydrogen) atoms. The second-order valence-electron chi connectivity index (χ2n) is 5.84. The Morgan fingerprint density at radius 1 is 1.05 bits per heavy atom. The number of carbonyl (C=O) groups excluding carboxylic acids is 1. The van der Waals surface area contributed by atoms with E-state index in [-0.39, 0.29) is 18.4 Å². The molecule has 1 heterocycles. The van der Waals surface area contributed by atoms with Crippen molar-refractivity contribution < 1.29 is 9.90 Å². The van der Waals surface area contributed by atoms with Crippen molar-refractivity contribution in [1.29, 1.82) is 0 Å². The van der Waals surface area contributed by atoms with Gasteiger partial charge in [-0.05, 0) is 41.8 Å². The van der Waals surface area contributed by atoms with Gasteiger partial charge in [-0.1, -0.05) is 24.3 Å². The van der Waals surface area contributed by atoms with Gasteiger partial charge in [-0.3, -0.25) is 4.79 Å². The Bertz CT molecular complexity index is 650. The number of hydrogen-bond acceptors (Lipinski definition) is 3. The normalized spacial score (nSPS) is 18.0. The lowest BCUT2D eigenvalue weighted by atomic mass is 10.0. The Labute approximate surface area is 130 Å². The Balaban J connectivity index is 1.70. The standard InChI is InChI=1S/C18H20N2O2/c19-16-5-1-13(2-6-16)9-14-3-7-17(8-4-14)20-11-15(12-21)10-18(20)22/h1-8,15,21H,9-12,19H2. The van der Waals surface area contributed by atoms with Crippen molar-refractivity contribution in [3.05, 3.63) is 59.7 Å². The number of rotatable bonds is 4. The maximum Gasteiger partial charge on any atom is 0.227 e. The average molecular weight is 296 g/mol. The predicted molar refractivity (Wildman–Crippen MR) is 87.6 cm³/mol. The van der Waals surface area contributed by atoms with Gasteiger partial charge in [0.25, 0.3) is 0 Å². The highest BCUT2D eigenvalue weighted by atomic mass is 16.3. The Kier molecular flexibility index (Phi) is 4.11. The van der Waals surface area contributed by atoms with E-state index < -0.39 is 0 Å². The van der Waals surface area contributed by atoms with Gasteiger partial charge < -0.3 is 15.7 Å². The summed E-state index contributed by atoms with van der Waals surface area (Å²) in [7, 11) is 0. The molecule has 1 aliphatic heterocycles. The van der Waals surface area contributed by atoms with Gasteiger partial charge in [0.15, 0.2) is 0 Å². The summed E-state index contributed by atoms with van der Waals surface area (Å²) in [6, 6.07) is 15.9. The third-order valence-corrected chi connectivity index (χ3v) is 4.10. The number of amides is 1. The molecule has 114 valence electrons. The van der Waals surface area contributed by atoms with E-state index >= 15 is 0 Å². The monoisotopic (exact) mass is 296 g/mol. The molecule has 1 saturated heterocycles. The minimum Gasteiger partial charge on any atom is -0.399 e. The molecule has 1 aliphatic rings. The van der Waals surface area contributed by atoms with Gasteiger partial charge in [-0.2, -0.15) is 0 Å². The van der Waals surface area contributed by atoms with Crippen molar-refractivity contribution in [3.8, 4) is 0 Å². The summed E-state index contributed by atoms with van der Waals surface area (Å²) in [4.78, 5) is 13.7. The molecule has 0 aromatic heterocycles. The molecular formula is C18H20N2O2. The van der Waals surface area contributed by atoms with E-state index in [9.17, 15) is 9.90 Å². The minimum absolute atomic E-state index is 0.0574. The summed E-state index contributed by atoms with van der Waals surface area (Å²) < 4.78 is 0. The summed E-state index contributed by atoms with van der Waals surface area (Å²) in [5, 5.41) is 9.19. The first-order chi connectivity index (χ1) is 10.7. The van der Waals surface area contributed by atoms with Crippen LogP contribution in [0.25, 0.3) is 0 Å². The molecule has 2 aromatic carbocycles. The van der Waals surface area contributed by atoms with Gasteiger partial charge in [-0.15, -0.1) is 0 Å². The van der Waals surface area contributed by atoms with Crippen LogP contribution in [-0.4, -0.2) is 24.2 Å². The fraction of sp³-hybridized carbons (Fsp3) is 0.278. The highest BCUT2D eigenvalue weighted by Gasteiger charge is 2.29. The fourth-order valence-electron chi connectivity index (χ4n) is 2.82. The minimum atomic E-state index is 0.0574. The molecule has 3 rings (SSSR count). The lowest BCUT2D eigenvalue weighted by Gasteiger charge is -2.17. The Morgan fingerprint density at radius 3 is 2.18 bits per heavy atom. The van der Waals surface area contributed by atoms with E-state index in [4.69, 9.17) is 5.73 Å². The molecule has 3 N–H and O–H groups in total. The number of carbonyl (C=O) groups is 1. The summed E-state index contributed by atoms with van der Waals surface area (Å²) in [6.45, 7) is 0.671. The van der Waals surface area contributed by atoms with Crippen LogP contribution in [0.1, 0.15) is 17.5 Å². The molecule has 4 heteroatoms. The molecule has 2 aromatic rings. The summed E-state index contributed by atoms with van der Waals surface area (Å²) in [5.74, 6) is 0.146. The first kappa shape index (κ1) is 14.6. The van der Waals surface area contributed by atoms with Crippen LogP contribution in [0.2, 0.25) is 0 Å². The van der Waals surface area contributed by atoms with Gasteiger partial charge in [0.1, 0.15) is 0 Å². The number of aliphatic hydroxyl groups is 1. The van der Waals surface area contributed by atoms with Crippen LogP contribution in [0.15, 0.2) is 48.5 Å². The van der Waals surface area contributed by atoms with E-state index in [1.165, 1.54) is 11.1 Å². The Hall–Kier alpha value is -2.33. The first-order valence-electron chi connectivity index (χ1n) is 7.50. The predicted octanol–water partition coefficient (Wildman–Crippen LogP) is 2.20. The number of nitrogens with two attached hydrogens (primary N) is 1. The quantitative estimate of drug-likeness (QED) is 0.850. The topological polar surface area (TPSA) is 66.6 Å². The van der Waals surface area contributed by atoms with Crippen molar-refractivity contribution in [3.63, 3.8) is 0 Å². The van der Waals surface area contributed by atoms with E-state index in [1.54, 1.807) is 4.90 Å². The second kappa shape index (κ2) is 6.20. The molecule has 0 spiro atoms. The van der Waals surface area contributed by atoms with E-state index in [1.807, 2.05) is 48.5 Å². The van der Waals surface area contributed by atoms with Crippen LogP contribution < -0.4 is 10.6 Å².